The molecule has 1 aromatic rings. The Morgan fingerprint density at radius 2 is 2.03 bits per heavy atom. The molecule has 4 nitrogen and oxygen atoms in total. The number of aliphatic hydroxyl groups is 1. The van der Waals surface area contributed by atoms with Crippen LogP contribution in [-0.4, -0.2) is 34.2 Å². The first kappa shape index (κ1) is 29.3. The van der Waals surface area contributed by atoms with Crippen molar-refractivity contribution in [2.24, 2.45) is 27.7 Å². The highest BCUT2D eigenvalue weighted by molar-refractivity contribution is 8.08. The second kappa shape index (κ2) is 11.7. The highest BCUT2D eigenvalue weighted by atomic mass is 32.2. The topological polar surface area (TPSA) is 66.7 Å². The fraction of sp³-hybridized carbons (Fsp3) is 0.531. The van der Waals surface area contributed by atoms with E-state index in [-0.39, 0.29) is 22.7 Å². The third kappa shape index (κ3) is 5.93. The van der Waals surface area contributed by atoms with E-state index in [2.05, 4.69) is 31.5 Å². The number of benzene rings is 1. The van der Waals surface area contributed by atoms with Gasteiger partial charge >= 0.3 is 0 Å². The molecule has 2 aliphatic carbocycles. The Balaban J connectivity index is 1.84. The molecule has 1 aromatic carbocycles. The zero-order chi connectivity index (χ0) is 27.4. The summed E-state index contributed by atoms with van der Waals surface area (Å²) in [5.74, 6) is 0.718. The Labute approximate surface area is 226 Å². The Morgan fingerprint density at radius 1 is 1.32 bits per heavy atom. The summed E-state index contributed by atoms with van der Waals surface area (Å²) < 4.78 is 0. The van der Waals surface area contributed by atoms with E-state index in [9.17, 15) is 14.7 Å². The molecule has 0 bridgehead atoms. The summed E-state index contributed by atoms with van der Waals surface area (Å²) in [5.41, 5.74) is -0.985. The minimum atomic E-state index is -1.44. The molecular weight excluding hydrogens is 478 g/mol. The van der Waals surface area contributed by atoms with Gasteiger partial charge in [-0.25, -0.2) is 0 Å². The number of Topliss-reactive ketones (excluding diaryl/α,β-unsaturated/α-hetero) is 1. The highest BCUT2D eigenvalue weighted by Gasteiger charge is 2.51. The molecule has 4 atom stereocenters. The summed E-state index contributed by atoms with van der Waals surface area (Å²) in [6.07, 6.45) is 11.0. The zero-order valence-corrected chi connectivity index (χ0v) is 24.2. The van der Waals surface area contributed by atoms with Crippen LogP contribution in [0.5, 0.6) is 0 Å². The minimum absolute atomic E-state index is 0.0731. The van der Waals surface area contributed by atoms with E-state index < -0.39 is 11.0 Å². The lowest BCUT2D eigenvalue weighted by Gasteiger charge is -2.50. The van der Waals surface area contributed by atoms with Crippen LogP contribution in [0.2, 0.25) is 0 Å². The van der Waals surface area contributed by atoms with Crippen LogP contribution in [0.4, 0.5) is 0 Å². The molecule has 0 spiro atoms. The molecule has 5 heteroatoms. The van der Waals surface area contributed by atoms with Crippen LogP contribution in [0.15, 0.2) is 53.1 Å². The van der Waals surface area contributed by atoms with Crippen molar-refractivity contribution in [3.05, 3.63) is 58.5 Å². The van der Waals surface area contributed by atoms with Crippen LogP contribution < -0.4 is 10.4 Å². The largest absolute Gasteiger partial charge is 0.381 e. The van der Waals surface area contributed by atoms with E-state index in [1.807, 2.05) is 58.0 Å². The van der Waals surface area contributed by atoms with Crippen molar-refractivity contribution < 1.29 is 14.7 Å². The molecule has 37 heavy (non-hydrogen) atoms. The molecule has 3 rings (SSSR count). The van der Waals surface area contributed by atoms with E-state index >= 15 is 0 Å². The van der Waals surface area contributed by atoms with Crippen LogP contribution in [-0.2, 0) is 9.59 Å². The van der Waals surface area contributed by atoms with Crippen molar-refractivity contribution in [1.82, 2.24) is 0 Å². The van der Waals surface area contributed by atoms with Crippen molar-refractivity contribution in [2.45, 2.75) is 79.2 Å². The normalized spacial score (nSPS) is 26.5. The van der Waals surface area contributed by atoms with E-state index in [1.54, 1.807) is 12.3 Å². The molecule has 2 aliphatic rings. The predicted molar refractivity (Wildman–Crippen MR) is 157 cm³/mol. The summed E-state index contributed by atoms with van der Waals surface area (Å²) in [5, 5.41) is 14.5. The quantitative estimate of drug-likeness (QED) is 0.406. The molecule has 3 unspecified atom stereocenters. The maximum absolute atomic E-state index is 13.8. The van der Waals surface area contributed by atoms with Gasteiger partial charge in [0.2, 0.25) is 0 Å². The lowest BCUT2D eigenvalue weighted by atomic mass is 9.55. The second-order valence-corrected chi connectivity index (χ2v) is 12.5. The molecule has 200 valence electrons. The molecular formula is C32H43NO3S. The van der Waals surface area contributed by atoms with Crippen LogP contribution >= 0.6 is 11.8 Å². The Morgan fingerprint density at radius 3 is 2.68 bits per heavy atom. The average molecular weight is 522 g/mol. The first-order valence-corrected chi connectivity index (χ1v) is 14.5. The average Bonchev–Trinajstić information content (AvgIpc) is 2.85. The van der Waals surface area contributed by atoms with Crippen LogP contribution in [0.1, 0.15) is 73.6 Å². The van der Waals surface area contributed by atoms with Gasteiger partial charge in [-0.2, -0.15) is 0 Å². The SMILES string of the molecule is C=c1cccc/c1=C(/N=C\C)SCC(=O)[C@@](O)(CCC)C(C)(C)CC1CCC2=CC(=O)C=CC2(C)C1C. The van der Waals surface area contributed by atoms with Crippen molar-refractivity contribution in [3.63, 3.8) is 0 Å². The number of thioether (sulfide) groups is 1. The van der Waals surface area contributed by atoms with Gasteiger partial charge in [0.15, 0.2) is 11.6 Å². The van der Waals surface area contributed by atoms with Gasteiger partial charge in [-0.3, -0.25) is 14.6 Å². The number of carbonyl (C=O) groups is 2. The predicted octanol–water partition coefficient (Wildman–Crippen LogP) is 5.62. The van der Waals surface area contributed by atoms with Gasteiger partial charge in [-0.05, 0) is 61.8 Å². The standard InChI is InChI=1S/C32H43NO3S/c1-8-17-32(36,28(35)21-37-29(33-9-2)27-13-11-10-12-22(27)3)30(5,6)20-24-14-15-25-19-26(34)16-18-31(25,7)23(24)4/h9-13,16,18-19,23-24,36H,3,8,14-15,17,20-21H2,1-2,4-7H3/b29-27+,33-9-/t23?,24?,31?,32-/m0/s1. The van der Waals surface area contributed by atoms with Crippen LogP contribution in [0.25, 0.3) is 11.6 Å². The van der Waals surface area contributed by atoms with Gasteiger partial charge in [0.05, 0.1) is 5.75 Å². The number of allylic oxidation sites excluding steroid dienone is 4. The lowest BCUT2D eigenvalue weighted by Crippen LogP contribution is -2.54. The van der Waals surface area contributed by atoms with Crippen molar-refractivity contribution in [2.75, 3.05) is 5.75 Å². The van der Waals surface area contributed by atoms with Gasteiger partial charge in [-0.1, -0.05) is 95.3 Å². The number of aliphatic imine (C=N–C) groups is 1. The number of ketones is 2. The highest BCUT2D eigenvalue weighted by Crippen LogP contribution is 2.54. The van der Waals surface area contributed by atoms with Gasteiger partial charge in [0.1, 0.15) is 10.6 Å². The summed E-state index contributed by atoms with van der Waals surface area (Å²) in [6, 6.07) is 7.77. The Hall–Kier alpha value is -2.24. The molecule has 1 saturated carbocycles. The van der Waals surface area contributed by atoms with Crippen molar-refractivity contribution in [1.29, 1.82) is 0 Å². The molecule has 0 aromatic heterocycles. The van der Waals surface area contributed by atoms with Crippen LogP contribution in [0, 0.1) is 22.7 Å². The van der Waals surface area contributed by atoms with E-state index in [0.29, 0.717) is 18.3 Å². The van der Waals surface area contributed by atoms with Gasteiger partial charge in [-0.15, -0.1) is 0 Å². The molecule has 0 radical (unpaired) electrons. The first-order valence-electron chi connectivity index (χ1n) is 13.5. The summed E-state index contributed by atoms with van der Waals surface area (Å²) >= 11 is 1.37. The fourth-order valence-electron chi connectivity index (χ4n) is 6.21. The molecule has 0 amide bonds. The Bertz CT molecular complexity index is 1230. The first-order chi connectivity index (χ1) is 17.4. The maximum atomic E-state index is 13.8. The van der Waals surface area contributed by atoms with E-state index in [1.165, 1.54) is 17.3 Å². The summed E-state index contributed by atoms with van der Waals surface area (Å²) in [4.78, 5) is 30.3. The number of hydrogen-bond donors (Lipinski definition) is 1. The fourth-order valence-corrected chi connectivity index (χ4v) is 7.25. The van der Waals surface area contributed by atoms with Crippen molar-refractivity contribution in [3.8, 4) is 0 Å². The second-order valence-electron chi connectivity index (χ2n) is 11.5. The van der Waals surface area contributed by atoms with Gasteiger partial charge in [0.25, 0.3) is 0 Å². The maximum Gasteiger partial charge on any atom is 0.178 e. The molecule has 0 heterocycles. The molecule has 1 N–H and O–H groups in total. The summed E-state index contributed by atoms with van der Waals surface area (Å²) in [7, 11) is 0. The van der Waals surface area contributed by atoms with Gasteiger partial charge < -0.3 is 5.11 Å². The minimum Gasteiger partial charge on any atom is -0.381 e. The van der Waals surface area contributed by atoms with E-state index in [4.69, 9.17) is 0 Å². The number of rotatable bonds is 10. The number of nitrogens with zero attached hydrogens (tertiary/aromatic N) is 1. The lowest BCUT2D eigenvalue weighted by molar-refractivity contribution is -0.153. The zero-order valence-electron chi connectivity index (χ0n) is 23.3. The number of fused-ring (bicyclic) bond motifs is 1. The third-order valence-electron chi connectivity index (χ3n) is 8.84. The van der Waals surface area contributed by atoms with E-state index in [0.717, 1.165) is 41.1 Å². The number of carbonyl (C=O) groups excluding carboxylic acids is 2. The number of hydrogen-bond acceptors (Lipinski definition) is 5. The monoisotopic (exact) mass is 521 g/mol. The molecule has 0 aliphatic heterocycles. The summed E-state index contributed by atoms with van der Waals surface area (Å²) in [6.45, 7) is 16.6. The smallest absolute Gasteiger partial charge is 0.178 e. The third-order valence-corrected chi connectivity index (χ3v) is 9.84. The molecule has 0 saturated heterocycles. The molecule has 1 fully saturated rings. The van der Waals surface area contributed by atoms with Gasteiger partial charge in [0, 0.05) is 22.3 Å². The van der Waals surface area contributed by atoms with Crippen molar-refractivity contribution >= 4 is 41.2 Å². The Kier molecular flexibility index (Phi) is 9.23. The van der Waals surface area contributed by atoms with Crippen LogP contribution in [0.3, 0.4) is 0 Å².